The largest absolute Gasteiger partial charge is 0.370 e. The monoisotopic (exact) mass is 247 g/mol. The van der Waals surface area contributed by atoms with Crippen molar-refractivity contribution in [3.63, 3.8) is 0 Å². The summed E-state index contributed by atoms with van der Waals surface area (Å²) in [6.07, 6.45) is 1.06. The summed E-state index contributed by atoms with van der Waals surface area (Å²) >= 11 is 0. The SMILES string of the molecule is CC1CCN(c2ccc(F)cc2C#N)CC1CN. The molecule has 2 N–H and O–H groups in total. The van der Waals surface area contributed by atoms with Crippen LogP contribution >= 0.6 is 0 Å². The third-order valence-corrected chi connectivity index (χ3v) is 3.84. The predicted molar refractivity (Wildman–Crippen MR) is 69.7 cm³/mol. The first-order valence-corrected chi connectivity index (χ1v) is 6.30. The van der Waals surface area contributed by atoms with Crippen LogP contribution in [-0.4, -0.2) is 19.6 Å². The zero-order valence-electron chi connectivity index (χ0n) is 10.6. The van der Waals surface area contributed by atoms with E-state index in [2.05, 4.69) is 17.9 Å². The summed E-state index contributed by atoms with van der Waals surface area (Å²) < 4.78 is 13.1. The second-order valence-corrected chi connectivity index (χ2v) is 4.98. The van der Waals surface area contributed by atoms with Gasteiger partial charge < -0.3 is 10.6 Å². The molecular weight excluding hydrogens is 229 g/mol. The normalized spacial score (nSPS) is 23.8. The molecule has 2 rings (SSSR count). The van der Waals surface area contributed by atoms with Gasteiger partial charge in [0.1, 0.15) is 11.9 Å². The van der Waals surface area contributed by atoms with E-state index >= 15 is 0 Å². The molecule has 0 aliphatic carbocycles. The molecule has 3 nitrogen and oxygen atoms in total. The van der Waals surface area contributed by atoms with Crippen LogP contribution in [-0.2, 0) is 0 Å². The Morgan fingerprint density at radius 2 is 2.33 bits per heavy atom. The first-order chi connectivity index (χ1) is 8.65. The lowest BCUT2D eigenvalue weighted by Crippen LogP contribution is -2.43. The molecule has 0 spiro atoms. The van der Waals surface area contributed by atoms with Gasteiger partial charge in [0.2, 0.25) is 0 Å². The van der Waals surface area contributed by atoms with E-state index in [0.717, 1.165) is 25.2 Å². The maximum Gasteiger partial charge on any atom is 0.124 e. The lowest BCUT2D eigenvalue weighted by molar-refractivity contribution is 0.308. The molecular formula is C14H18FN3. The highest BCUT2D eigenvalue weighted by Crippen LogP contribution is 2.29. The van der Waals surface area contributed by atoms with Crippen LogP contribution < -0.4 is 10.6 Å². The van der Waals surface area contributed by atoms with Gasteiger partial charge in [-0.05, 0) is 43.0 Å². The summed E-state index contributed by atoms with van der Waals surface area (Å²) in [5.41, 5.74) is 7.00. The van der Waals surface area contributed by atoms with Crippen molar-refractivity contribution in [3.05, 3.63) is 29.6 Å². The zero-order valence-corrected chi connectivity index (χ0v) is 10.6. The molecule has 0 bridgehead atoms. The van der Waals surface area contributed by atoms with Crippen LogP contribution in [0.25, 0.3) is 0 Å². The van der Waals surface area contributed by atoms with Gasteiger partial charge in [0, 0.05) is 13.1 Å². The summed E-state index contributed by atoms with van der Waals surface area (Å²) in [6, 6.07) is 6.46. The number of halogens is 1. The van der Waals surface area contributed by atoms with Gasteiger partial charge in [-0.15, -0.1) is 0 Å². The molecule has 1 heterocycles. The fourth-order valence-electron chi connectivity index (χ4n) is 2.55. The van der Waals surface area contributed by atoms with E-state index in [1.165, 1.54) is 12.1 Å². The Bertz CT molecular complexity index is 467. The van der Waals surface area contributed by atoms with Crippen molar-refractivity contribution in [2.45, 2.75) is 13.3 Å². The Balaban J connectivity index is 2.25. The number of hydrogen-bond donors (Lipinski definition) is 1. The van der Waals surface area contributed by atoms with Gasteiger partial charge in [-0.1, -0.05) is 6.92 Å². The Kier molecular flexibility index (Phi) is 3.83. The summed E-state index contributed by atoms with van der Waals surface area (Å²) in [4.78, 5) is 2.15. The van der Waals surface area contributed by atoms with E-state index in [9.17, 15) is 4.39 Å². The standard InChI is InChI=1S/C14H18FN3/c1-10-4-5-18(9-12(10)8-17)14-3-2-13(15)6-11(14)7-16/h2-3,6,10,12H,4-5,8-9,17H2,1H3. The molecule has 4 heteroatoms. The second-order valence-electron chi connectivity index (χ2n) is 4.98. The third kappa shape index (κ3) is 2.46. The van der Waals surface area contributed by atoms with E-state index in [1.807, 2.05) is 0 Å². The number of nitrogens with two attached hydrogens (primary N) is 1. The molecule has 1 aliphatic heterocycles. The minimum absolute atomic E-state index is 0.365. The van der Waals surface area contributed by atoms with E-state index < -0.39 is 0 Å². The summed E-state index contributed by atoms with van der Waals surface area (Å²) in [5.74, 6) is 0.684. The van der Waals surface area contributed by atoms with Gasteiger partial charge in [-0.2, -0.15) is 5.26 Å². The number of hydrogen-bond acceptors (Lipinski definition) is 3. The van der Waals surface area contributed by atoms with Gasteiger partial charge >= 0.3 is 0 Å². The third-order valence-electron chi connectivity index (χ3n) is 3.84. The van der Waals surface area contributed by atoms with E-state index in [1.54, 1.807) is 6.07 Å². The number of piperidine rings is 1. The van der Waals surface area contributed by atoms with Crippen LogP contribution in [0, 0.1) is 29.0 Å². The number of nitrogens with zero attached hydrogens (tertiary/aromatic N) is 2. The van der Waals surface area contributed by atoms with Gasteiger partial charge in [-0.25, -0.2) is 4.39 Å². The first kappa shape index (κ1) is 12.8. The van der Waals surface area contributed by atoms with Crippen LogP contribution in [0.3, 0.4) is 0 Å². The van der Waals surface area contributed by atoms with Crippen LogP contribution in [0.15, 0.2) is 18.2 Å². The average Bonchev–Trinajstić information content (AvgIpc) is 2.39. The lowest BCUT2D eigenvalue weighted by Gasteiger charge is -2.38. The van der Waals surface area contributed by atoms with Crippen molar-refractivity contribution in [3.8, 4) is 6.07 Å². The van der Waals surface area contributed by atoms with Crippen molar-refractivity contribution in [2.75, 3.05) is 24.5 Å². The van der Waals surface area contributed by atoms with Gasteiger partial charge in [0.05, 0.1) is 11.3 Å². The van der Waals surface area contributed by atoms with Crippen LogP contribution in [0.4, 0.5) is 10.1 Å². The molecule has 1 aliphatic rings. The molecule has 0 saturated carbocycles. The van der Waals surface area contributed by atoms with Crippen LogP contribution in [0.5, 0.6) is 0 Å². The molecule has 1 aromatic carbocycles. The van der Waals surface area contributed by atoms with Crippen LogP contribution in [0.1, 0.15) is 18.9 Å². The fourth-order valence-corrected chi connectivity index (χ4v) is 2.55. The molecule has 1 saturated heterocycles. The number of rotatable bonds is 2. The zero-order chi connectivity index (χ0) is 13.1. The van der Waals surface area contributed by atoms with E-state index in [4.69, 9.17) is 11.0 Å². The fraction of sp³-hybridized carbons (Fsp3) is 0.500. The van der Waals surface area contributed by atoms with Gasteiger partial charge in [0.25, 0.3) is 0 Å². The lowest BCUT2D eigenvalue weighted by atomic mass is 9.86. The maximum absolute atomic E-state index is 13.1. The molecule has 2 unspecified atom stereocenters. The highest BCUT2D eigenvalue weighted by molar-refractivity contribution is 5.59. The van der Waals surface area contributed by atoms with Crippen molar-refractivity contribution >= 4 is 5.69 Å². The highest BCUT2D eigenvalue weighted by Gasteiger charge is 2.26. The molecule has 18 heavy (non-hydrogen) atoms. The molecule has 1 aromatic rings. The topological polar surface area (TPSA) is 53.0 Å². The second kappa shape index (κ2) is 5.36. The quantitative estimate of drug-likeness (QED) is 0.871. The summed E-state index contributed by atoms with van der Waals surface area (Å²) in [5, 5.41) is 9.08. The Hall–Kier alpha value is -1.60. The smallest absolute Gasteiger partial charge is 0.124 e. The van der Waals surface area contributed by atoms with Gasteiger partial charge in [-0.3, -0.25) is 0 Å². The van der Waals surface area contributed by atoms with Crippen molar-refractivity contribution in [2.24, 2.45) is 17.6 Å². The highest BCUT2D eigenvalue weighted by atomic mass is 19.1. The van der Waals surface area contributed by atoms with Gasteiger partial charge in [0.15, 0.2) is 0 Å². The molecule has 1 fully saturated rings. The molecule has 2 atom stereocenters. The summed E-state index contributed by atoms with van der Waals surface area (Å²) in [7, 11) is 0. The van der Waals surface area contributed by atoms with E-state index in [-0.39, 0.29) is 5.82 Å². The van der Waals surface area contributed by atoms with Crippen molar-refractivity contribution < 1.29 is 4.39 Å². The number of nitriles is 1. The predicted octanol–water partition coefficient (Wildman–Crippen LogP) is 2.12. The molecule has 96 valence electrons. The first-order valence-electron chi connectivity index (χ1n) is 6.30. The Labute approximate surface area is 107 Å². The summed E-state index contributed by atoms with van der Waals surface area (Å²) in [6.45, 7) is 4.61. The molecule has 0 aromatic heterocycles. The molecule has 0 radical (unpaired) electrons. The average molecular weight is 247 g/mol. The number of anilines is 1. The van der Waals surface area contributed by atoms with E-state index in [0.29, 0.717) is 23.9 Å². The minimum Gasteiger partial charge on any atom is -0.370 e. The Morgan fingerprint density at radius 1 is 1.56 bits per heavy atom. The van der Waals surface area contributed by atoms with Crippen LogP contribution in [0.2, 0.25) is 0 Å². The van der Waals surface area contributed by atoms with Crippen molar-refractivity contribution in [1.82, 2.24) is 0 Å². The number of benzene rings is 1. The maximum atomic E-state index is 13.1. The molecule has 0 amide bonds. The van der Waals surface area contributed by atoms with Crippen molar-refractivity contribution in [1.29, 1.82) is 5.26 Å². The minimum atomic E-state index is -0.365. The Morgan fingerprint density at radius 3 is 3.00 bits per heavy atom.